The first-order valence-corrected chi connectivity index (χ1v) is 21.0. The number of allylic oxidation sites excluding steroid dienone is 2. The molecule has 0 heterocycles. The summed E-state index contributed by atoms with van der Waals surface area (Å²) in [7, 11) is 0. The van der Waals surface area contributed by atoms with Crippen LogP contribution in [0.1, 0.15) is 99.1 Å². The highest BCUT2D eigenvalue weighted by Gasteiger charge is 2.75. The second-order valence-corrected chi connectivity index (χ2v) is 19.3. The quantitative estimate of drug-likeness (QED) is 0.101. The van der Waals surface area contributed by atoms with Gasteiger partial charge >= 0.3 is 17.9 Å². The third-order valence-corrected chi connectivity index (χ3v) is 14.6. The molecule has 3 saturated carbocycles. The number of ether oxygens (including phenoxy) is 3. The monoisotopic (exact) mass is 854 g/mol. The van der Waals surface area contributed by atoms with E-state index >= 15 is 4.79 Å². The topological polar surface area (TPSA) is 150 Å². The van der Waals surface area contributed by atoms with Crippen molar-refractivity contribution in [2.45, 2.75) is 111 Å². The van der Waals surface area contributed by atoms with Crippen LogP contribution in [0.3, 0.4) is 0 Å². The lowest BCUT2D eigenvalue weighted by Gasteiger charge is -2.64. The van der Waals surface area contributed by atoms with E-state index in [2.05, 4.69) is 0 Å². The maximum absolute atomic E-state index is 15.2. The molecule has 4 aliphatic carbocycles. The van der Waals surface area contributed by atoms with Crippen molar-refractivity contribution in [2.24, 2.45) is 39.4 Å². The first kappa shape index (κ1) is 46.2. The fourth-order valence-electron chi connectivity index (χ4n) is 11.4. The number of hydrogen-bond donors (Lipinski definition) is 1. The molecule has 0 spiro atoms. The van der Waals surface area contributed by atoms with E-state index < -0.39 is 98.1 Å². The first-order chi connectivity index (χ1) is 28.8. The minimum atomic E-state index is -2.20. The van der Waals surface area contributed by atoms with Crippen molar-refractivity contribution in [2.75, 3.05) is 0 Å². The van der Waals surface area contributed by atoms with E-state index in [0.717, 1.165) is 11.6 Å². The summed E-state index contributed by atoms with van der Waals surface area (Å²) in [5.74, 6) is -6.26. The number of fused-ring (bicyclic) bond motifs is 5. The number of esters is 3. The van der Waals surface area contributed by atoms with Crippen molar-refractivity contribution in [1.29, 1.82) is 0 Å². The molecular weight excluding hydrogens is 799 g/mol. The predicted molar refractivity (Wildman–Crippen MR) is 226 cm³/mol. The van der Waals surface area contributed by atoms with Crippen LogP contribution in [0.4, 0.5) is 8.78 Å². The summed E-state index contributed by atoms with van der Waals surface area (Å²) < 4.78 is 44.4. The SMILES string of the molecule is CC(=O)OC(C)(C)/C=C/C(=O)[C@](C)(O)[C@H]1[C@H](OC(=O)/C=C/c2ccc(F)cc2)C[C@@]2(C)[C@@H]3CC=C4[C@@H](C[C@H](OC(=O)/C=C/c5ccc(F)cc5)C(=O)C4(C)C)[C@]3(C)C(=O)C[C@]12C. The van der Waals surface area contributed by atoms with Crippen LogP contribution < -0.4 is 0 Å². The van der Waals surface area contributed by atoms with Gasteiger partial charge in [0.25, 0.3) is 0 Å². The average molecular weight is 855 g/mol. The van der Waals surface area contributed by atoms with E-state index in [0.29, 0.717) is 17.5 Å². The summed E-state index contributed by atoms with van der Waals surface area (Å²) in [5.41, 5.74) is -5.74. The summed E-state index contributed by atoms with van der Waals surface area (Å²) in [4.78, 5) is 82.0. The van der Waals surface area contributed by atoms with Crippen molar-refractivity contribution in [3.8, 4) is 0 Å². The van der Waals surface area contributed by atoms with Crippen LogP contribution in [0.25, 0.3) is 12.2 Å². The number of hydrogen-bond acceptors (Lipinski definition) is 10. The molecule has 4 aliphatic rings. The van der Waals surface area contributed by atoms with Gasteiger partial charge in [-0.05, 0) is 136 Å². The molecule has 6 rings (SSSR count). The number of halogens is 2. The third kappa shape index (κ3) is 8.30. The van der Waals surface area contributed by atoms with E-state index in [1.165, 1.54) is 92.8 Å². The molecule has 1 N–H and O–H groups in total. The van der Waals surface area contributed by atoms with Crippen molar-refractivity contribution in [3.05, 3.63) is 107 Å². The van der Waals surface area contributed by atoms with E-state index in [9.17, 15) is 37.9 Å². The van der Waals surface area contributed by atoms with Crippen LogP contribution >= 0.6 is 0 Å². The van der Waals surface area contributed by atoms with Crippen LogP contribution in [0, 0.1) is 51.0 Å². The van der Waals surface area contributed by atoms with Crippen LogP contribution in [0.5, 0.6) is 0 Å². The minimum absolute atomic E-state index is 0.0465. The summed E-state index contributed by atoms with van der Waals surface area (Å²) in [5, 5.41) is 12.5. The average Bonchev–Trinajstić information content (AvgIpc) is 3.40. The second kappa shape index (κ2) is 16.4. The van der Waals surface area contributed by atoms with Gasteiger partial charge in [-0.2, -0.15) is 0 Å². The Hall–Kier alpha value is -5.36. The Labute approximate surface area is 361 Å². The highest BCUT2D eigenvalue weighted by molar-refractivity contribution is 5.99. The molecule has 330 valence electrons. The molecular formula is C50H56F2O10. The number of benzene rings is 2. The van der Waals surface area contributed by atoms with E-state index in [1.807, 2.05) is 26.8 Å². The molecule has 2 aromatic rings. The lowest BCUT2D eigenvalue weighted by molar-refractivity contribution is -0.186. The Bertz CT molecular complexity index is 2280. The van der Waals surface area contributed by atoms with E-state index in [-0.39, 0.29) is 30.8 Å². The summed E-state index contributed by atoms with van der Waals surface area (Å²) in [6.45, 7) is 15.1. The molecule has 0 aromatic heterocycles. The molecule has 2 aromatic carbocycles. The van der Waals surface area contributed by atoms with Gasteiger partial charge in [0.15, 0.2) is 17.7 Å². The van der Waals surface area contributed by atoms with Crippen molar-refractivity contribution >= 4 is 47.4 Å². The molecule has 12 heteroatoms. The normalized spacial score (nSPS) is 31.5. The highest BCUT2D eigenvalue weighted by Crippen LogP contribution is 2.74. The van der Waals surface area contributed by atoms with Crippen LogP contribution in [-0.4, -0.2) is 63.8 Å². The lowest BCUT2D eigenvalue weighted by Crippen LogP contribution is -2.65. The zero-order valence-corrected chi connectivity index (χ0v) is 36.8. The Kier molecular flexibility index (Phi) is 12.2. The van der Waals surface area contributed by atoms with Gasteiger partial charge in [-0.25, -0.2) is 18.4 Å². The van der Waals surface area contributed by atoms with Gasteiger partial charge in [-0.3, -0.25) is 19.2 Å². The fourth-order valence-corrected chi connectivity index (χ4v) is 11.4. The molecule has 10 nitrogen and oxygen atoms in total. The van der Waals surface area contributed by atoms with Crippen molar-refractivity contribution < 1.29 is 56.9 Å². The zero-order valence-electron chi connectivity index (χ0n) is 36.8. The van der Waals surface area contributed by atoms with Crippen molar-refractivity contribution in [1.82, 2.24) is 0 Å². The Morgan fingerprint density at radius 1 is 0.790 bits per heavy atom. The maximum Gasteiger partial charge on any atom is 0.331 e. The Morgan fingerprint density at radius 3 is 1.85 bits per heavy atom. The number of Topliss-reactive ketones (excluding diaryl/α,β-unsaturated/α-hetero) is 2. The fraction of sp³-hybridized carbons (Fsp3) is 0.480. The summed E-state index contributed by atoms with van der Waals surface area (Å²) in [6.07, 6.45) is 8.04. The molecule has 9 atom stereocenters. The number of aliphatic hydroxyl groups is 1. The number of carbonyl (C=O) groups is 6. The smallest absolute Gasteiger partial charge is 0.331 e. The van der Waals surface area contributed by atoms with Gasteiger partial charge in [0, 0.05) is 42.2 Å². The van der Waals surface area contributed by atoms with Crippen LogP contribution in [0.2, 0.25) is 0 Å². The standard InChI is InChI=1S/C50H56F2O10/c1-29(53)62-45(2,3)25-24-39(54)50(9,59)43-37(61-42(57)23-15-31-12-18-33(52)19-13-31)27-47(6)38-21-20-34-35(49(38,8)40(55)28-48(43,47)7)26-36(44(58)46(34,4)5)60-41(56)22-14-30-10-16-32(51)17-11-30/h10-20,22-25,35-38,43,59H,21,26-28H2,1-9H3/b22-14+,23-15+,25-24+/t35-,36+,37-,38+,43+,47+,48-,49+,50+/m1/s1. The van der Waals surface area contributed by atoms with E-state index in [1.54, 1.807) is 27.7 Å². The van der Waals surface area contributed by atoms with Gasteiger partial charge in [0.2, 0.25) is 0 Å². The molecule has 0 bridgehead atoms. The molecule has 0 unspecified atom stereocenters. The maximum atomic E-state index is 15.2. The third-order valence-electron chi connectivity index (χ3n) is 14.6. The molecule has 0 aliphatic heterocycles. The number of rotatable bonds is 11. The zero-order chi connectivity index (χ0) is 45.8. The van der Waals surface area contributed by atoms with E-state index in [4.69, 9.17) is 14.2 Å². The number of ketones is 3. The summed E-state index contributed by atoms with van der Waals surface area (Å²) >= 11 is 0. The van der Waals surface area contributed by atoms with Crippen LogP contribution in [0.15, 0.2) is 84.5 Å². The highest BCUT2D eigenvalue weighted by atomic mass is 19.1. The first-order valence-electron chi connectivity index (χ1n) is 21.0. The van der Waals surface area contributed by atoms with Gasteiger partial charge in [0.1, 0.15) is 34.7 Å². The lowest BCUT2D eigenvalue weighted by atomic mass is 9.38. The molecule has 0 saturated heterocycles. The van der Waals surface area contributed by atoms with Gasteiger partial charge in [-0.15, -0.1) is 0 Å². The number of carbonyl (C=O) groups excluding carboxylic acids is 6. The largest absolute Gasteiger partial charge is 0.459 e. The van der Waals surface area contributed by atoms with Crippen molar-refractivity contribution in [3.63, 3.8) is 0 Å². The Morgan fingerprint density at radius 2 is 1.32 bits per heavy atom. The van der Waals surface area contributed by atoms with Gasteiger partial charge in [0.05, 0.1) is 0 Å². The minimum Gasteiger partial charge on any atom is -0.459 e. The molecule has 0 amide bonds. The summed E-state index contributed by atoms with van der Waals surface area (Å²) in [6, 6.07) is 11.0. The molecule has 3 fully saturated rings. The Balaban J connectivity index is 1.37. The van der Waals surface area contributed by atoms with Gasteiger partial charge < -0.3 is 19.3 Å². The second-order valence-electron chi connectivity index (χ2n) is 19.3. The predicted octanol–water partition coefficient (Wildman–Crippen LogP) is 8.31. The van der Waals surface area contributed by atoms with Crippen LogP contribution in [-0.2, 0) is 43.0 Å². The molecule has 62 heavy (non-hydrogen) atoms. The van der Waals surface area contributed by atoms with Gasteiger partial charge in [-0.1, -0.05) is 56.7 Å². The molecule has 0 radical (unpaired) electrons.